The number of aliphatic hydroxyl groups is 1. The maximum atomic E-state index is 12.2. The summed E-state index contributed by atoms with van der Waals surface area (Å²) in [5, 5.41) is 8.86. The Balaban J connectivity index is 2.42. The van der Waals surface area contributed by atoms with Crippen molar-refractivity contribution in [1.82, 2.24) is 23.6 Å². The second-order valence-corrected chi connectivity index (χ2v) is 4.84. The number of rotatable bonds is 5. The van der Waals surface area contributed by atoms with Crippen molar-refractivity contribution in [2.24, 2.45) is 14.1 Å². The molecule has 0 aliphatic rings. The van der Waals surface area contributed by atoms with Crippen molar-refractivity contribution in [2.45, 2.75) is 6.54 Å². The van der Waals surface area contributed by atoms with Gasteiger partial charge < -0.3 is 14.6 Å². The van der Waals surface area contributed by atoms with Gasteiger partial charge in [-0.15, -0.1) is 0 Å². The first-order valence-electron chi connectivity index (χ1n) is 6.37. The maximum Gasteiger partial charge on any atom is 0.332 e. The smallest absolute Gasteiger partial charge is 0.332 e. The van der Waals surface area contributed by atoms with E-state index in [-0.39, 0.29) is 17.9 Å². The number of nitrogens with zero attached hydrogens (tertiary/aromatic N) is 5. The molecule has 0 spiro atoms. The Morgan fingerprint density at radius 3 is 2.60 bits per heavy atom. The normalized spacial score (nSPS) is 11.7. The fourth-order valence-electron chi connectivity index (χ4n) is 2.13. The van der Waals surface area contributed by atoms with Gasteiger partial charge in [0.25, 0.3) is 5.56 Å². The lowest BCUT2D eigenvalue weighted by Gasteiger charge is -2.15. The van der Waals surface area contributed by atoms with Crippen LogP contribution in [0.3, 0.4) is 0 Å². The van der Waals surface area contributed by atoms with Gasteiger partial charge >= 0.3 is 5.69 Å². The molecule has 0 aliphatic heterocycles. The van der Waals surface area contributed by atoms with Crippen molar-refractivity contribution in [3.8, 4) is 0 Å². The third kappa shape index (κ3) is 2.39. The molecule has 2 aromatic rings. The Labute approximate surface area is 115 Å². The van der Waals surface area contributed by atoms with Crippen LogP contribution in [0.25, 0.3) is 11.2 Å². The summed E-state index contributed by atoms with van der Waals surface area (Å²) in [6, 6.07) is 0. The average Bonchev–Trinajstić information content (AvgIpc) is 2.85. The van der Waals surface area contributed by atoms with Crippen molar-refractivity contribution >= 4 is 11.2 Å². The first-order chi connectivity index (χ1) is 9.47. The molecule has 0 saturated heterocycles. The molecule has 0 fully saturated rings. The molecule has 8 heteroatoms. The van der Waals surface area contributed by atoms with E-state index in [9.17, 15) is 9.59 Å². The molecule has 2 aromatic heterocycles. The lowest BCUT2D eigenvalue weighted by atomic mass is 10.4. The van der Waals surface area contributed by atoms with Crippen LogP contribution in [0.1, 0.15) is 0 Å². The molecule has 110 valence electrons. The second-order valence-electron chi connectivity index (χ2n) is 4.84. The summed E-state index contributed by atoms with van der Waals surface area (Å²) in [4.78, 5) is 30.1. The zero-order valence-electron chi connectivity index (χ0n) is 11.9. The summed E-state index contributed by atoms with van der Waals surface area (Å²) >= 11 is 0. The third-order valence-electron chi connectivity index (χ3n) is 3.42. The molecule has 0 saturated carbocycles. The summed E-state index contributed by atoms with van der Waals surface area (Å²) in [5.41, 5.74) is 0.0884. The van der Waals surface area contributed by atoms with Gasteiger partial charge in [0.2, 0.25) is 0 Å². The number of aliphatic hydroxyl groups excluding tert-OH is 1. The van der Waals surface area contributed by atoms with E-state index < -0.39 is 0 Å². The van der Waals surface area contributed by atoms with Gasteiger partial charge in [-0.25, -0.2) is 9.78 Å². The van der Waals surface area contributed by atoms with E-state index in [2.05, 4.69) is 4.98 Å². The molecule has 0 unspecified atom stereocenters. The van der Waals surface area contributed by atoms with Gasteiger partial charge in [0.15, 0.2) is 11.2 Å². The van der Waals surface area contributed by atoms with Gasteiger partial charge in [-0.3, -0.25) is 13.9 Å². The zero-order valence-corrected chi connectivity index (χ0v) is 11.9. The lowest BCUT2D eigenvalue weighted by Crippen LogP contribution is -2.37. The van der Waals surface area contributed by atoms with Crippen molar-refractivity contribution < 1.29 is 5.11 Å². The number of fused-ring (bicyclic) bond motifs is 1. The summed E-state index contributed by atoms with van der Waals surface area (Å²) in [6.45, 7) is 1.92. The Hall–Kier alpha value is -1.93. The Morgan fingerprint density at radius 2 is 1.95 bits per heavy atom. The molecule has 0 atom stereocenters. The minimum Gasteiger partial charge on any atom is -0.395 e. The van der Waals surface area contributed by atoms with Crippen molar-refractivity contribution in [3.05, 3.63) is 27.2 Å². The fourth-order valence-corrected chi connectivity index (χ4v) is 2.13. The number of imidazole rings is 1. The molecule has 0 aromatic carbocycles. The molecule has 2 heterocycles. The standard InChI is InChI=1S/C12H19N5O3/c1-14(6-7-18)4-5-17-8-13-10-9(17)11(19)16(3)12(20)15(10)2/h8,18H,4-7H2,1-3H3. The van der Waals surface area contributed by atoms with Crippen molar-refractivity contribution in [2.75, 3.05) is 26.7 Å². The Kier molecular flexibility index (Phi) is 4.05. The average molecular weight is 281 g/mol. The van der Waals surface area contributed by atoms with Crippen LogP contribution in [0.4, 0.5) is 0 Å². The summed E-state index contributed by atoms with van der Waals surface area (Å²) in [5.74, 6) is 0. The third-order valence-corrected chi connectivity index (χ3v) is 3.42. The number of aromatic nitrogens is 4. The monoisotopic (exact) mass is 281 g/mol. The summed E-state index contributed by atoms with van der Waals surface area (Å²) in [6.07, 6.45) is 1.57. The van der Waals surface area contributed by atoms with Crippen LogP contribution in [0.5, 0.6) is 0 Å². The highest BCUT2D eigenvalue weighted by molar-refractivity contribution is 5.69. The van der Waals surface area contributed by atoms with Gasteiger partial charge in [-0.05, 0) is 7.05 Å². The number of aryl methyl sites for hydroxylation is 1. The van der Waals surface area contributed by atoms with Gasteiger partial charge in [0.1, 0.15) is 0 Å². The lowest BCUT2D eigenvalue weighted by molar-refractivity contribution is 0.217. The van der Waals surface area contributed by atoms with Crippen LogP contribution in [0.15, 0.2) is 15.9 Å². The van der Waals surface area contributed by atoms with E-state index in [0.717, 1.165) is 4.57 Å². The highest BCUT2D eigenvalue weighted by Crippen LogP contribution is 2.05. The van der Waals surface area contributed by atoms with Crippen LogP contribution >= 0.6 is 0 Å². The fraction of sp³-hybridized carbons (Fsp3) is 0.583. The predicted octanol–water partition coefficient (Wildman–Crippen LogP) is -1.64. The number of hydrogen-bond acceptors (Lipinski definition) is 5. The predicted molar refractivity (Wildman–Crippen MR) is 74.8 cm³/mol. The summed E-state index contributed by atoms with van der Waals surface area (Å²) in [7, 11) is 4.95. The van der Waals surface area contributed by atoms with Crippen molar-refractivity contribution in [1.29, 1.82) is 0 Å². The molecular weight excluding hydrogens is 262 g/mol. The number of likely N-dealkylation sites (N-methyl/N-ethyl adjacent to an activating group) is 1. The molecule has 1 N–H and O–H groups in total. The van der Waals surface area contributed by atoms with Crippen LogP contribution < -0.4 is 11.2 Å². The summed E-state index contributed by atoms with van der Waals surface area (Å²) < 4.78 is 4.19. The van der Waals surface area contributed by atoms with Gasteiger partial charge in [0.05, 0.1) is 12.9 Å². The van der Waals surface area contributed by atoms with E-state index in [1.54, 1.807) is 17.9 Å². The Morgan fingerprint density at radius 1 is 1.25 bits per heavy atom. The highest BCUT2D eigenvalue weighted by Gasteiger charge is 2.14. The molecule has 0 bridgehead atoms. The van der Waals surface area contributed by atoms with Crippen LogP contribution in [0, 0.1) is 0 Å². The molecule has 20 heavy (non-hydrogen) atoms. The van der Waals surface area contributed by atoms with E-state index in [1.807, 2.05) is 11.9 Å². The zero-order chi connectivity index (χ0) is 14.9. The number of hydrogen-bond donors (Lipinski definition) is 1. The molecule has 0 radical (unpaired) electrons. The molecule has 2 rings (SSSR count). The van der Waals surface area contributed by atoms with Crippen LogP contribution in [-0.4, -0.2) is 55.4 Å². The topological polar surface area (TPSA) is 85.3 Å². The quantitative estimate of drug-likeness (QED) is 0.710. The van der Waals surface area contributed by atoms with E-state index in [1.165, 1.54) is 11.6 Å². The molecule has 8 nitrogen and oxygen atoms in total. The van der Waals surface area contributed by atoms with Gasteiger partial charge in [-0.1, -0.05) is 0 Å². The maximum absolute atomic E-state index is 12.2. The first kappa shape index (κ1) is 14.5. The minimum atomic E-state index is -0.384. The van der Waals surface area contributed by atoms with Crippen molar-refractivity contribution in [3.63, 3.8) is 0 Å². The Bertz CT molecular complexity index is 727. The van der Waals surface area contributed by atoms with Crippen LogP contribution in [0.2, 0.25) is 0 Å². The van der Waals surface area contributed by atoms with E-state index in [4.69, 9.17) is 5.11 Å². The minimum absolute atomic E-state index is 0.0947. The van der Waals surface area contributed by atoms with Crippen LogP contribution in [-0.2, 0) is 20.6 Å². The molecular formula is C12H19N5O3. The van der Waals surface area contributed by atoms with Gasteiger partial charge in [0, 0.05) is 33.7 Å². The highest BCUT2D eigenvalue weighted by atomic mass is 16.3. The molecule has 0 amide bonds. The first-order valence-corrected chi connectivity index (χ1v) is 6.37. The largest absolute Gasteiger partial charge is 0.395 e. The van der Waals surface area contributed by atoms with E-state index in [0.29, 0.717) is 30.8 Å². The van der Waals surface area contributed by atoms with E-state index >= 15 is 0 Å². The second kappa shape index (κ2) is 5.59. The van der Waals surface area contributed by atoms with Gasteiger partial charge in [-0.2, -0.15) is 0 Å². The SMILES string of the molecule is CN(CCO)CCn1cnc2c1c(=O)n(C)c(=O)n2C. The molecule has 0 aliphatic carbocycles.